The Morgan fingerprint density at radius 2 is 1.19 bits per heavy atom. The molecule has 0 aliphatic heterocycles. The maximum atomic E-state index is 14.5. The second-order valence-corrected chi connectivity index (χ2v) is 9.26. The molecule has 0 heterocycles. The minimum Gasteiger partial charge on any atom is -0.491 e. The third-order valence-corrected chi connectivity index (χ3v) is 5.25. The third kappa shape index (κ3) is 5.12. The van der Waals surface area contributed by atoms with Crippen LogP contribution in [0.15, 0.2) is 17.0 Å². The molecule has 0 unspecified atom stereocenters. The van der Waals surface area contributed by atoms with Gasteiger partial charge in [-0.1, -0.05) is 27.7 Å². The van der Waals surface area contributed by atoms with E-state index in [1.165, 1.54) is 0 Å². The van der Waals surface area contributed by atoms with Gasteiger partial charge in [-0.05, 0) is 37.8 Å². The van der Waals surface area contributed by atoms with Crippen LogP contribution in [0.25, 0.3) is 0 Å². The second-order valence-electron chi connectivity index (χ2n) is 7.90. The quantitative estimate of drug-likeness (QED) is 0.295. The fourth-order valence-electron chi connectivity index (χ4n) is 2.97. The van der Waals surface area contributed by atoms with Gasteiger partial charge in [0.15, 0.2) is 16.5 Å². The fourth-order valence-corrected chi connectivity index (χ4v) is 3.60. The highest BCUT2D eigenvalue weighted by atomic mass is 32.2. The van der Waals surface area contributed by atoms with E-state index in [0.29, 0.717) is 16.9 Å². The zero-order valence-corrected chi connectivity index (χ0v) is 18.7. The summed E-state index contributed by atoms with van der Waals surface area (Å²) in [5.41, 5.74) is 0.917. The van der Waals surface area contributed by atoms with E-state index in [-0.39, 0.29) is 23.7 Å². The summed E-state index contributed by atoms with van der Waals surface area (Å²) >= 11 is 0. The highest BCUT2D eigenvalue weighted by Crippen LogP contribution is 2.43. The predicted molar refractivity (Wildman–Crippen MR) is 107 cm³/mol. The minimum atomic E-state index is -5.56. The molecule has 0 aliphatic carbocycles. The first-order valence-electron chi connectivity index (χ1n) is 9.52. The summed E-state index contributed by atoms with van der Waals surface area (Å²) < 4.78 is 99.8. The summed E-state index contributed by atoms with van der Waals surface area (Å²) in [6.45, 7) is 10.8. The van der Waals surface area contributed by atoms with Crippen LogP contribution in [0, 0.1) is 23.3 Å². The average molecular weight is 464 g/mol. The molecule has 2 rings (SSSR count). The van der Waals surface area contributed by atoms with E-state index in [2.05, 4.69) is 0 Å². The van der Waals surface area contributed by atoms with Gasteiger partial charge >= 0.3 is 10.1 Å². The molecule has 0 saturated heterocycles. The molecule has 31 heavy (non-hydrogen) atoms. The lowest BCUT2D eigenvalue weighted by Gasteiger charge is -2.23. The molecule has 2 aromatic carbocycles. The molecule has 0 aromatic heterocycles. The Morgan fingerprint density at radius 3 is 1.52 bits per heavy atom. The molecule has 0 radical (unpaired) electrons. The molecule has 172 valence electrons. The van der Waals surface area contributed by atoms with Crippen molar-refractivity contribution in [2.75, 3.05) is 0 Å². The first-order chi connectivity index (χ1) is 14.2. The first-order valence-corrected chi connectivity index (χ1v) is 11.0. The van der Waals surface area contributed by atoms with Gasteiger partial charge in [-0.15, -0.1) is 0 Å². The molecule has 0 aliphatic rings. The highest BCUT2D eigenvalue weighted by molar-refractivity contribution is 7.85. The van der Waals surface area contributed by atoms with Crippen molar-refractivity contribution in [1.82, 2.24) is 0 Å². The van der Waals surface area contributed by atoms with Gasteiger partial charge in [0.25, 0.3) is 0 Å². The van der Waals surface area contributed by atoms with Crippen molar-refractivity contribution in [3.8, 4) is 17.2 Å². The monoisotopic (exact) mass is 464 g/mol. The SMILES string of the molecule is CC(C)Oc1cc(C(C)C)c(Oc2c(F)c(F)c(S(=O)(=O)O)c(F)c2F)c(C(C)C)c1. The maximum Gasteiger partial charge on any atom is 0.300 e. The van der Waals surface area contributed by atoms with Crippen LogP contribution in [-0.2, 0) is 10.1 Å². The van der Waals surface area contributed by atoms with Crippen molar-refractivity contribution >= 4 is 10.1 Å². The molecule has 0 atom stereocenters. The van der Waals surface area contributed by atoms with Crippen molar-refractivity contribution in [1.29, 1.82) is 0 Å². The zero-order valence-electron chi connectivity index (χ0n) is 17.9. The van der Waals surface area contributed by atoms with Gasteiger partial charge in [0.05, 0.1) is 6.10 Å². The Hall–Kier alpha value is -2.33. The summed E-state index contributed by atoms with van der Waals surface area (Å²) in [6, 6.07) is 3.20. The normalized spacial score (nSPS) is 12.2. The first kappa shape index (κ1) is 24.9. The topological polar surface area (TPSA) is 72.8 Å². The summed E-state index contributed by atoms with van der Waals surface area (Å²) in [7, 11) is -5.56. The van der Waals surface area contributed by atoms with Crippen LogP contribution < -0.4 is 9.47 Å². The predicted octanol–water partition coefficient (Wildman–Crippen LogP) is 6.32. The van der Waals surface area contributed by atoms with Crippen molar-refractivity contribution in [3.05, 3.63) is 46.5 Å². The van der Waals surface area contributed by atoms with Crippen molar-refractivity contribution in [2.24, 2.45) is 0 Å². The summed E-state index contributed by atoms with van der Waals surface area (Å²) in [4.78, 5) is -2.12. The summed E-state index contributed by atoms with van der Waals surface area (Å²) in [5, 5.41) is 0. The second kappa shape index (κ2) is 9.04. The minimum absolute atomic E-state index is 0.0303. The Labute approximate surface area is 178 Å². The number of hydrogen-bond acceptors (Lipinski definition) is 4. The Kier molecular flexibility index (Phi) is 7.27. The van der Waals surface area contributed by atoms with E-state index in [0.717, 1.165) is 0 Å². The van der Waals surface area contributed by atoms with E-state index in [1.54, 1.807) is 39.8 Å². The molecule has 0 amide bonds. The number of benzene rings is 2. The lowest BCUT2D eigenvalue weighted by molar-refractivity contribution is 0.241. The van der Waals surface area contributed by atoms with Crippen LogP contribution in [-0.4, -0.2) is 19.1 Å². The molecule has 1 N–H and O–H groups in total. The van der Waals surface area contributed by atoms with Crippen molar-refractivity contribution in [3.63, 3.8) is 0 Å². The van der Waals surface area contributed by atoms with Crippen LogP contribution in [0.2, 0.25) is 0 Å². The Morgan fingerprint density at radius 1 is 0.774 bits per heavy atom. The van der Waals surface area contributed by atoms with Gasteiger partial charge in [0.1, 0.15) is 11.5 Å². The van der Waals surface area contributed by atoms with Gasteiger partial charge in [-0.3, -0.25) is 4.55 Å². The largest absolute Gasteiger partial charge is 0.491 e. The molecular formula is C21H24F4O5S. The zero-order chi connectivity index (χ0) is 23.8. The number of rotatable bonds is 7. The van der Waals surface area contributed by atoms with Crippen LogP contribution in [0.4, 0.5) is 17.6 Å². The lowest BCUT2D eigenvalue weighted by atomic mass is 9.93. The van der Waals surface area contributed by atoms with E-state index >= 15 is 0 Å². The molecule has 0 fully saturated rings. The maximum absolute atomic E-state index is 14.5. The van der Waals surface area contributed by atoms with Crippen LogP contribution in [0.3, 0.4) is 0 Å². The fraction of sp³-hybridized carbons (Fsp3) is 0.429. The smallest absolute Gasteiger partial charge is 0.300 e. The van der Waals surface area contributed by atoms with E-state index < -0.39 is 44.0 Å². The van der Waals surface area contributed by atoms with Crippen molar-refractivity contribution < 1.29 is 40.0 Å². The molecule has 5 nitrogen and oxygen atoms in total. The lowest BCUT2D eigenvalue weighted by Crippen LogP contribution is -2.12. The van der Waals surface area contributed by atoms with Gasteiger partial charge < -0.3 is 9.47 Å². The van der Waals surface area contributed by atoms with Crippen LogP contribution >= 0.6 is 0 Å². The van der Waals surface area contributed by atoms with Gasteiger partial charge in [0.2, 0.25) is 17.4 Å². The van der Waals surface area contributed by atoms with E-state index in [9.17, 15) is 26.0 Å². The highest BCUT2D eigenvalue weighted by Gasteiger charge is 2.34. The van der Waals surface area contributed by atoms with Crippen molar-refractivity contribution in [2.45, 2.75) is 64.4 Å². The summed E-state index contributed by atoms with van der Waals surface area (Å²) in [6.07, 6.45) is -0.155. The third-order valence-electron chi connectivity index (χ3n) is 4.38. The molecule has 0 spiro atoms. The molecule has 2 aromatic rings. The molecule has 0 bridgehead atoms. The van der Waals surface area contributed by atoms with Gasteiger partial charge in [-0.2, -0.15) is 17.2 Å². The van der Waals surface area contributed by atoms with E-state index in [1.807, 2.05) is 13.8 Å². The Bertz CT molecular complexity index is 1040. The van der Waals surface area contributed by atoms with Gasteiger partial charge in [-0.25, -0.2) is 8.78 Å². The number of hydrogen-bond donors (Lipinski definition) is 1. The van der Waals surface area contributed by atoms with Crippen LogP contribution in [0.5, 0.6) is 17.2 Å². The van der Waals surface area contributed by atoms with Crippen LogP contribution in [0.1, 0.15) is 64.5 Å². The van der Waals surface area contributed by atoms with Gasteiger partial charge in [0, 0.05) is 11.1 Å². The standard InChI is InChI=1S/C21H24F4O5S/c1-9(2)13-7-12(29-11(5)6)8-14(10(3)4)19(13)30-20-15(22)17(24)21(31(26,27)28)18(25)16(20)23/h7-11H,1-6H3,(H,26,27,28). The molecule has 0 saturated carbocycles. The number of halogens is 4. The molecular weight excluding hydrogens is 440 g/mol. The summed E-state index contributed by atoms with van der Waals surface area (Å²) in [5.74, 6) is -10.2. The molecule has 10 heteroatoms. The Balaban J connectivity index is 2.79. The number of ether oxygens (including phenoxy) is 2. The average Bonchev–Trinajstić information content (AvgIpc) is 2.62. The van der Waals surface area contributed by atoms with E-state index in [4.69, 9.17) is 14.0 Å².